The Hall–Kier alpha value is -2.95. The minimum absolute atomic E-state index is 0.318. The molecule has 1 fully saturated rings. The highest BCUT2D eigenvalue weighted by Crippen LogP contribution is 2.24. The molecule has 0 spiro atoms. The molecule has 3 rings (SSSR count). The lowest BCUT2D eigenvalue weighted by Crippen LogP contribution is -2.44. The Balaban J connectivity index is 1.75. The van der Waals surface area contributed by atoms with Gasteiger partial charge in [0.05, 0.1) is 6.21 Å². The number of urea groups is 1. The van der Waals surface area contributed by atoms with E-state index in [1.165, 1.54) is 5.56 Å². The molecule has 0 bridgehead atoms. The summed E-state index contributed by atoms with van der Waals surface area (Å²) >= 11 is 0. The van der Waals surface area contributed by atoms with Crippen LogP contribution in [0.2, 0.25) is 0 Å². The van der Waals surface area contributed by atoms with Gasteiger partial charge in [-0.25, -0.2) is 4.79 Å². The van der Waals surface area contributed by atoms with Gasteiger partial charge in [0.1, 0.15) is 5.54 Å². The molecule has 0 radical (unpaired) electrons. The minimum atomic E-state index is -0.942. The molecule has 0 aliphatic carbocycles. The van der Waals surface area contributed by atoms with Crippen molar-refractivity contribution in [3.63, 3.8) is 0 Å². The Labute approximate surface area is 160 Å². The van der Waals surface area contributed by atoms with Gasteiger partial charge in [-0.1, -0.05) is 36.4 Å². The van der Waals surface area contributed by atoms with E-state index >= 15 is 0 Å². The molecular formula is C22H25N3O2. The molecule has 1 saturated heterocycles. The largest absolute Gasteiger partial charge is 0.346 e. The highest BCUT2D eigenvalue weighted by atomic mass is 16.2. The van der Waals surface area contributed by atoms with Crippen LogP contribution in [0.3, 0.4) is 0 Å². The summed E-state index contributed by atoms with van der Waals surface area (Å²) in [5.74, 6) is -0.318. The van der Waals surface area contributed by atoms with Crippen molar-refractivity contribution >= 4 is 18.2 Å². The van der Waals surface area contributed by atoms with Crippen LogP contribution in [0.5, 0.6) is 0 Å². The Morgan fingerprint density at radius 3 is 2.41 bits per heavy atom. The Morgan fingerprint density at radius 2 is 1.70 bits per heavy atom. The summed E-state index contributed by atoms with van der Waals surface area (Å²) < 4.78 is 0. The SMILES string of the molecule is Cc1cc(C)c(/C=N\N2C(=O)N[C@](C)(CCc3ccccc3)C2=O)cc1C. The van der Waals surface area contributed by atoms with Crippen molar-refractivity contribution in [2.75, 3.05) is 0 Å². The maximum atomic E-state index is 12.8. The van der Waals surface area contributed by atoms with Crippen molar-refractivity contribution in [2.45, 2.75) is 46.1 Å². The van der Waals surface area contributed by atoms with Gasteiger partial charge in [-0.2, -0.15) is 5.10 Å². The first kappa shape index (κ1) is 18.8. The smallest absolute Gasteiger partial charge is 0.322 e. The zero-order valence-corrected chi connectivity index (χ0v) is 16.2. The van der Waals surface area contributed by atoms with Gasteiger partial charge in [0, 0.05) is 0 Å². The molecule has 1 aliphatic rings. The van der Waals surface area contributed by atoms with E-state index < -0.39 is 11.6 Å². The van der Waals surface area contributed by atoms with E-state index in [-0.39, 0.29) is 5.91 Å². The lowest BCUT2D eigenvalue weighted by molar-refractivity contribution is -0.130. The quantitative estimate of drug-likeness (QED) is 0.647. The molecule has 3 amide bonds. The van der Waals surface area contributed by atoms with Crippen LogP contribution in [-0.2, 0) is 11.2 Å². The molecule has 27 heavy (non-hydrogen) atoms. The fraction of sp³-hybridized carbons (Fsp3) is 0.318. The summed E-state index contributed by atoms with van der Waals surface area (Å²) in [4.78, 5) is 25.1. The third-order valence-corrected chi connectivity index (χ3v) is 5.19. The number of rotatable bonds is 5. The Morgan fingerprint density at radius 1 is 1.04 bits per heavy atom. The maximum absolute atomic E-state index is 12.8. The molecule has 0 unspecified atom stereocenters. The van der Waals surface area contributed by atoms with Gasteiger partial charge in [-0.3, -0.25) is 4.79 Å². The summed E-state index contributed by atoms with van der Waals surface area (Å²) in [6.07, 6.45) is 2.82. The molecule has 2 aromatic rings. The van der Waals surface area contributed by atoms with Crippen molar-refractivity contribution in [1.29, 1.82) is 0 Å². The van der Waals surface area contributed by atoms with Crippen LogP contribution in [0.25, 0.3) is 0 Å². The average Bonchev–Trinajstić information content (AvgIpc) is 2.85. The summed E-state index contributed by atoms with van der Waals surface area (Å²) in [6, 6.07) is 13.5. The second-order valence-electron chi connectivity index (χ2n) is 7.40. The molecule has 0 aromatic heterocycles. The molecule has 1 atom stereocenters. The van der Waals surface area contributed by atoms with Crippen LogP contribution in [0.15, 0.2) is 47.6 Å². The lowest BCUT2D eigenvalue weighted by Gasteiger charge is -2.20. The summed E-state index contributed by atoms with van der Waals surface area (Å²) in [7, 11) is 0. The number of hydrogen-bond donors (Lipinski definition) is 1. The highest BCUT2D eigenvalue weighted by molar-refractivity contribution is 6.07. The molecular weight excluding hydrogens is 338 g/mol. The van der Waals surface area contributed by atoms with E-state index in [1.54, 1.807) is 13.1 Å². The van der Waals surface area contributed by atoms with Gasteiger partial charge < -0.3 is 5.32 Å². The van der Waals surface area contributed by atoms with Gasteiger partial charge in [-0.05, 0) is 74.4 Å². The monoisotopic (exact) mass is 363 g/mol. The maximum Gasteiger partial charge on any atom is 0.346 e. The number of nitrogens with zero attached hydrogens (tertiary/aromatic N) is 2. The third kappa shape index (κ3) is 3.92. The fourth-order valence-electron chi connectivity index (χ4n) is 3.22. The van der Waals surface area contributed by atoms with Crippen LogP contribution in [0, 0.1) is 20.8 Å². The molecule has 1 aliphatic heterocycles. The lowest BCUT2D eigenvalue weighted by atomic mass is 9.93. The van der Waals surface area contributed by atoms with E-state index in [1.807, 2.05) is 50.2 Å². The molecule has 1 N–H and O–H groups in total. The van der Waals surface area contributed by atoms with Crippen LogP contribution in [0.4, 0.5) is 4.79 Å². The van der Waals surface area contributed by atoms with Crippen molar-refractivity contribution < 1.29 is 9.59 Å². The number of carbonyl (C=O) groups is 2. The molecule has 0 saturated carbocycles. The first-order valence-corrected chi connectivity index (χ1v) is 9.12. The van der Waals surface area contributed by atoms with Gasteiger partial charge >= 0.3 is 6.03 Å². The number of aryl methyl sites for hydroxylation is 4. The first-order valence-electron chi connectivity index (χ1n) is 9.12. The van der Waals surface area contributed by atoms with Crippen molar-refractivity contribution in [3.05, 3.63) is 70.3 Å². The third-order valence-electron chi connectivity index (χ3n) is 5.19. The Bertz CT molecular complexity index is 905. The number of hydrogen-bond acceptors (Lipinski definition) is 3. The zero-order chi connectivity index (χ0) is 19.6. The zero-order valence-electron chi connectivity index (χ0n) is 16.2. The second kappa shape index (κ2) is 7.35. The van der Waals surface area contributed by atoms with Gasteiger partial charge in [0.25, 0.3) is 5.91 Å². The molecule has 5 nitrogen and oxygen atoms in total. The summed E-state index contributed by atoms with van der Waals surface area (Å²) in [6.45, 7) is 7.83. The molecule has 2 aromatic carbocycles. The Kier molecular flexibility index (Phi) is 5.13. The number of imide groups is 1. The predicted molar refractivity (Wildman–Crippen MR) is 107 cm³/mol. The topological polar surface area (TPSA) is 61.8 Å². The number of amides is 3. The number of nitrogens with one attached hydrogen (secondary N) is 1. The van der Waals surface area contributed by atoms with Gasteiger partial charge in [0.15, 0.2) is 0 Å². The second-order valence-corrected chi connectivity index (χ2v) is 7.40. The first-order chi connectivity index (χ1) is 12.8. The van der Waals surface area contributed by atoms with Crippen LogP contribution < -0.4 is 5.32 Å². The number of benzene rings is 2. The van der Waals surface area contributed by atoms with E-state index in [0.717, 1.165) is 27.3 Å². The van der Waals surface area contributed by atoms with Crippen LogP contribution in [0.1, 0.15) is 41.2 Å². The summed E-state index contributed by atoms with van der Waals surface area (Å²) in [5.41, 5.74) is 4.49. The fourth-order valence-corrected chi connectivity index (χ4v) is 3.22. The predicted octanol–water partition coefficient (Wildman–Crippen LogP) is 3.89. The van der Waals surface area contributed by atoms with E-state index in [9.17, 15) is 9.59 Å². The van der Waals surface area contributed by atoms with Crippen molar-refractivity contribution in [3.8, 4) is 0 Å². The normalized spacial score (nSPS) is 19.8. The standard InChI is InChI=1S/C22H25N3O2/c1-15-12-17(3)19(13-16(15)2)14-23-25-20(26)22(4,24-21(25)27)11-10-18-8-6-5-7-9-18/h5-9,12-14H,10-11H2,1-4H3,(H,24,27)/b23-14-/t22-/m1/s1. The van der Waals surface area contributed by atoms with Crippen molar-refractivity contribution in [1.82, 2.24) is 10.3 Å². The van der Waals surface area contributed by atoms with Gasteiger partial charge in [0.2, 0.25) is 0 Å². The van der Waals surface area contributed by atoms with Crippen LogP contribution >= 0.6 is 0 Å². The van der Waals surface area contributed by atoms with E-state index in [2.05, 4.69) is 23.4 Å². The van der Waals surface area contributed by atoms with E-state index in [0.29, 0.717) is 12.8 Å². The summed E-state index contributed by atoms with van der Waals surface area (Å²) in [5, 5.41) is 7.92. The van der Waals surface area contributed by atoms with Gasteiger partial charge in [-0.15, -0.1) is 5.01 Å². The van der Waals surface area contributed by atoms with Crippen LogP contribution in [-0.4, -0.2) is 28.7 Å². The van der Waals surface area contributed by atoms with E-state index in [4.69, 9.17) is 0 Å². The molecule has 5 heteroatoms. The highest BCUT2D eigenvalue weighted by Gasteiger charge is 2.47. The molecule has 140 valence electrons. The number of hydrazone groups is 1. The average molecular weight is 363 g/mol. The molecule has 1 heterocycles. The van der Waals surface area contributed by atoms with Crippen molar-refractivity contribution in [2.24, 2.45) is 5.10 Å². The minimum Gasteiger partial charge on any atom is -0.322 e. The number of carbonyl (C=O) groups excluding carboxylic acids is 2.